The van der Waals surface area contributed by atoms with Crippen LogP contribution >= 0.6 is 0 Å². The average Bonchev–Trinajstić information content (AvgIpc) is 2.16. The molecule has 2 atom stereocenters. The van der Waals surface area contributed by atoms with Gasteiger partial charge in [-0.3, -0.25) is 0 Å². The molecule has 0 aliphatic heterocycles. The van der Waals surface area contributed by atoms with Crippen molar-refractivity contribution >= 4 is 0 Å². The predicted octanol–water partition coefficient (Wildman–Crippen LogP) is 2.32. The van der Waals surface area contributed by atoms with Gasteiger partial charge in [-0.05, 0) is 25.7 Å². The predicted molar refractivity (Wildman–Crippen MR) is 57.9 cm³/mol. The second-order valence-corrected chi connectivity index (χ2v) is 3.68. The maximum Gasteiger partial charge on any atom is 0.0445 e. The Hall–Kier alpha value is -0.0800. The van der Waals surface area contributed by atoms with Crippen molar-refractivity contribution in [1.29, 1.82) is 0 Å². The van der Waals surface area contributed by atoms with Gasteiger partial charge >= 0.3 is 0 Å². The van der Waals surface area contributed by atoms with Gasteiger partial charge in [0, 0.05) is 18.7 Å². The van der Waals surface area contributed by atoms with E-state index in [0.29, 0.717) is 18.7 Å². The molecular formula is C11H25NO. The topological polar surface area (TPSA) is 32.3 Å². The first-order chi connectivity index (χ1) is 6.28. The second-order valence-electron chi connectivity index (χ2n) is 3.68. The fourth-order valence-corrected chi connectivity index (χ4v) is 1.65. The summed E-state index contributed by atoms with van der Waals surface area (Å²) in [4.78, 5) is 0. The standard InChI is InChI=1S/C11H25NO/c1-4-7-10(5-2)12-11(6-3)8-9-13/h10-13H,4-9H2,1-3H3. The zero-order chi connectivity index (χ0) is 10.1. The molecule has 0 aliphatic carbocycles. The van der Waals surface area contributed by atoms with Crippen LogP contribution in [0.3, 0.4) is 0 Å². The van der Waals surface area contributed by atoms with E-state index in [9.17, 15) is 0 Å². The summed E-state index contributed by atoms with van der Waals surface area (Å²) in [7, 11) is 0. The van der Waals surface area contributed by atoms with Crippen LogP contribution in [0.15, 0.2) is 0 Å². The first-order valence-electron chi connectivity index (χ1n) is 5.65. The molecule has 0 aromatic carbocycles. The zero-order valence-electron chi connectivity index (χ0n) is 9.34. The molecule has 0 amide bonds. The van der Waals surface area contributed by atoms with E-state index in [1.807, 2.05) is 0 Å². The van der Waals surface area contributed by atoms with E-state index in [-0.39, 0.29) is 0 Å². The lowest BCUT2D eigenvalue weighted by molar-refractivity contribution is 0.252. The first kappa shape index (κ1) is 12.9. The molecule has 0 aliphatic rings. The molecule has 0 aromatic heterocycles. The van der Waals surface area contributed by atoms with Gasteiger partial charge in [-0.25, -0.2) is 0 Å². The molecule has 13 heavy (non-hydrogen) atoms. The van der Waals surface area contributed by atoms with Gasteiger partial charge in [0.25, 0.3) is 0 Å². The maximum atomic E-state index is 8.84. The third kappa shape index (κ3) is 6.05. The molecule has 0 heterocycles. The van der Waals surface area contributed by atoms with E-state index in [4.69, 9.17) is 5.11 Å². The van der Waals surface area contributed by atoms with Gasteiger partial charge in [-0.1, -0.05) is 27.2 Å². The lowest BCUT2D eigenvalue weighted by atomic mass is 10.1. The molecule has 2 heteroatoms. The summed E-state index contributed by atoms with van der Waals surface area (Å²) < 4.78 is 0. The Morgan fingerprint density at radius 2 is 1.54 bits per heavy atom. The quantitative estimate of drug-likeness (QED) is 0.611. The maximum absolute atomic E-state index is 8.84. The van der Waals surface area contributed by atoms with Gasteiger partial charge in [-0.15, -0.1) is 0 Å². The van der Waals surface area contributed by atoms with Crippen molar-refractivity contribution in [2.75, 3.05) is 6.61 Å². The van der Waals surface area contributed by atoms with Crippen LogP contribution in [0.2, 0.25) is 0 Å². The second kappa shape index (κ2) is 8.52. The van der Waals surface area contributed by atoms with Gasteiger partial charge in [-0.2, -0.15) is 0 Å². The minimum Gasteiger partial charge on any atom is -0.396 e. The number of aliphatic hydroxyl groups excluding tert-OH is 1. The third-order valence-electron chi connectivity index (χ3n) is 2.57. The Morgan fingerprint density at radius 3 is 1.92 bits per heavy atom. The summed E-state index contributed by atoms with van der Waals surface area (Å²) in [6.07, 6.45) is 5.67. The van der Waals surface area contributed by atoms with Crippen molar-refractivity contribution in [2.45, 2.75) is 65.0 Å². The highest BCUT2D eigenvalue weighted by atomic mass is 16.3. The minimum absolute atomic E-state index is 0.300. The fraction of sp³-hybridized carbons (Fsp3) is 1.00. The fourth-order valence-electron chi connectivity index (χ4n) is 1.65. The van der Waals surface area contributed by atoms with Crippen molar-refractivity contribution in [1.82, 2.24) is 5.32 Å². The van der Waals surface area contributed by atoms with Crippen LogP contribution in [0.1, 0.15) is 52.9 Å². The Kier molecular flexibility index (Phi) is 8.46. The molecule has 0 radical (unpaired) electrons. The zero-order valence-corrected chi connectivity index (χ0v) is 9.34. The van der Waals surface area contributed by atoms with Crippen LogP contribution in [0.5, 0.6) is 0 Å². The van der Waals surface area contributed by atoms with Crippen LogP contribution in [0.25, 0.3) is 0 Å². The first-order valence-corrected chi connectivity index (χ1v) is 5.65. The molecule has 0 rings (SSSR count). The van der Waals surface area contributed by atoms with Gasteiger partial charge in [0.05, 0.1) is 0 Å². The number of hydrogen-bond donors (Lipinski definition) is 2. The van der Waals surface area contributed by atoms with Crippen LogP contribution in [0, 0.1) is 0 Å². The number of hydrogen-bond acceptors (Lipinski definition) is 2. The summed E-state index contributed by atoms with van der Waals surface area (Å²) in [5.74, 6) is 0. The summed E-state index contributed by atoms with van der Waals surface area (Å²) >= 11 is 0. The Balaban J connectivity index is 3.73. The summed E-state index contributed by atoms with van der Waals surface area (Å²) in [5.41, 5.74) is 0. The number of nitrogens with one attached hydrogen (secondary N) is 1. The van der Waals surface area contributed by atoms with E-state index in [0.717, 1.165) is 12.8 Å². The Labute approximate surface area is 82.7 Å². The lowest BCUT2D eigenvalue weighted by Crippen LogP contribution is -2.38. The Bertz CT molecular complexity index is 94.3. The molecule has 0 spiro atoms. The highest BCUT2D eigenvalue weighted by Gasteiger charge is 2.10. The van der Waals surface area contributed by atoms with Gasteiger partial charge in [0.1, 0.15) is 0 Å². The van der Waals surface area contributed by atoms with Crippen LogP contribution in [-0.4, -0.2) is 23.8 Å². The molecule has 80 valence electrons. The monoisotopic (exact) mass is 187 g/mol. The normalized spacial score (nSPS) is 15.7. The molecule has 0 saturated heterocycles. The average molecular weight is 187 g/mol. The summed E-state index contributed by atoms with van der Waals surface area (Å²) in [6, 6.07) is 1.14. The van der Waals surface area contributed by atoms with E-state index in [1.165, 1.54) is 19.3 Å². The van der Waals surface area contributed by atoms with E-state index >= 15 is 0 Å². The number of aliphatic hydroxyl groups is 1. The van der Waals surface area contributed by atoms with E-state index in [1.54, 1.807) is 0 Å². The van der Waals surface area contributed by atoms with Crippen molar-refractivity contribution in [3.63, 3.8) is 0 Å². The SMILES string of the molecule is CCCC(CC)NC(CC)CCO. The number of rotatable bonds is 8. The lowest BCUT2D eigenvalue weighted by Gasteiger charge is -2.23. The highest BCUT2D eigenvalue weighted by molar-refractivity contribution is 4.71. The Morgan fingerprint density at radius 1 is 1.00 bits per heavy atom. The largest absolute Gasteiger partial charge is 0.396 e. The summed E-state index contributed by atoms with van der Waals surface area (Å²) in [5, 5.41) is 12.4. The third-order valence-corrected chi connectivity index (χ3v) is 2.57. The molecule has 0 bridgehead atoms. The minimum atomic E-state index is 0.300. The highest BCUT2D eigenvalue weighted by Crippen LogP contribution is 2.05. The molecule has 2 unspecified atom stereocenters. The van der Waals surface area contributed by atoms with Crippen LogP contribution < -0.4 is 5.32 Å². The van der Waals surface area contributed by atoms with Crippen molar-refractivity contribution in [3.8, 4) is 0 Å². The van der Waals surface area contributed by atoms with Gasteiger partial charge in [0.2, 0.25) is 0 Å². The van der Waals surface area contributed by atoms with E-state index in [2.05, 4.69) is 26.1 Å². The molecule has 2 nitrogen and oxygen atoms in total. The van der Waals surface area contributed by atoms with Crippen molar-refractivity contribution < 1.29 is 5.11 Å². The molecule has 0 fully saturated rings. The molecule has 0 aromatic rings. The van der Waals surface area contributed by atoms with Gasteiger partial charge < -0.3 is 10.4 Å². The van der Waals surface area contributed by atoms with Crippen molar-refractivity contribution in [3.05, 3.63) is 0 Å². The van der Waals surface area contributed by atoms with Crippen LogP contribution in [0.4, 0.5) is 0 Å². The van der Waals surface area contributed by atoms with Gasteiger partial charge in [0.15, 0.2) is 0 Å². The molecular weight excluding hydrogens is 162 g/mol. The smallest absolute Gasteiger partial charge is 0.0445 e. The van der Waals surface area contributed by atoms with Crippen molar-refractivity contribution in [2.24, 2.45) is 0 Å². The summed E-state index contributed by atoms with van der Waals surface area (Å²) in [6.45, 7) is 6.91. The molecule has 2 N–H and O–H groups in total. The van der Waals surface area contributed by atoms with E-state index < -0.39 is 0 Å². The molecule has 0 saturated carbocycles. The van der Waals surface area contributed by atoms with Crippen LogP contribution in [-0.2, 0) is 0 Å².